The van der Waals surface area contributed by atoms with Crippen LogP contribution in [-0.2, 0) is 14.3 Å². The molecular weight excluding hydrogens is 284 g/mol. The summed E-state index contributed by atoms with van der Waals surface area (Å²) in [4.78, 5) is 12.0. The van der Waals surface area contributed by atoms with Crippen LogP contribution < -0.4 is 0 Å². The Morgan fingerprint density at radius 1 is 1.24 bits per heavy atom. The van der Waals surface area contributed by atoms with Crippen LogP contribution in [0.3, 0.4) is 0 Å². The maximum absolute atomic E-state index is 12.0. The summed E-state index contributed by atoms with van der Waals surface area (Å²) in [6.07, 6.45) is -0.0186. The van der Waals surface area contributed by atoms with Gasteiger partial charge in [-0.3, -0.25) is 4.79 Å². The van der Waals surface area contributed by atoms with E-state index in [4.69, 9.17) is 9.47 Å². The molecule has 3 nitrogen and oxygen atoms in total. The average molecular weight is 306 g/mol. The molecule has 0 aliphatic heterocycles. The van der Waals surface area contributed by atoms with Crippen LogP contribution in [0.1, 0.15) is 45.8 Å². The quantitative estimate of drug-likeness (QED) is 0.750. The molecule has 0 aliphatic rings. The van der Waals surface area contributed by atoms with Gasteiger partial charge in [0.05, 0.1) is 12.5 Å². The second-order valence-electron chi connectivity index (χ2n) is 5.99. The Morgan fingerprint density at radius 3 is 2.62 bits per heavy atom. The van der Waals surface area contributed by atoms with Crippen molar-refractivity contribution in [2.24, 2.45) is 0 Å². The smallest absolute Gasteiger partial charge is 0.309 e. The third kappa shape index (κ3) is 4.55. The lowest BCUT2D eigenvalue weighted by Crippen LogP contribution is -2.25. The van der Waals surface area contributed by atoms with E-state index in [0.29, 0.717) is 6.61 Å². The molecule has 0 aliphatic carbocycles. The molecule has 0 amide bonds. The maximum Gasteiger partial charge on any atom is 0.309 e. The van der Waals surface area contributed by atoms with Gasteiger partial charge in [-0.2, -0.15) is 11.3 Å². The molecule has 2 aromatic rings. The van der Waals surface area contributed by atoms with Gasteiger partial charge in [-0.1, -0.05) is 12.1 Å². The largest absolute Gasteiger partial charge is 0.460 e. The van der Waals surface area contributed by atoms with Crippen LogP contribution in [0.5, 0.6) is 0 Å². The molecule has 0 spiro atoms. The zero-order chi connectivity index (χ0) is 15.5. The standard InChI is InChI=1S/C17H22O3S/c1-5-19-15(9-16(18)20-17(2,3)4)12-6-7-13-10-21-11-14(13)8-12/h6-8,10-11,15H,5,9H2,1-4H3. The summed E-state index contributed by atoms with van der Waals surface area (Å²) in [6, 6.07) is 6.19. The van der Waals surface area contributed by atoms with Crippen LogP contribution >= 0.6 is 11.3 Å². The molecule has 21 heavy (non-hydrogen) atoms. The summed E-state index contributed by atoms with van der Waals surface area (Å²) in [5.41, 5.74) is 0.555. The second kappa shape index (κ2) is 6.58. The van der Waals surface area contributed by atoms with E-state index >= 15 is 0 Å². The molecule has 1 atom stereocenters. The van der Waals surface area contributed by atoms with Gasteiger partial charge in [0.25, 0.3) is 0 Å². The van der Waals surface area contributed by atoms with Gasteiger partial charge in [0.1, 0.15) is 5.60 Å². The lowest BCUT2D eigenvalue weighted by Gasteiger charge is -2.22. The zero-order valence-electron chi connectivity index (χ0n) is 13.0. The first-order chi connectivity index (χ1) is 9.89. The Hall–Kier alpha value is -1.39. The van der Waals surface area contributed by atoms with Crippen molar-refractivity contribution in [2.45, 2.75) is 45.8 Å². The van der Waals surface area contributed by atoms with Crippen molar-refractivity contribution < 1.29 is 14.3 Å². The van der Waals surface area contributed by atoms with E-state index in [2.05, 4.69) is 22.9 Å². The number of ether oxygens (including phenoxy) is 2. The third-order valence-corrected chi connectivity index (χ3v) is 3.79. The molecule has 0 bridgehead atoms. The van der Waals surface area contributed by atoms with Crippen molar-refractivity contribution in [3.63, 3.8) is 0 Å². The normalized spacial score (nSPS) is 13.3. The van der Waals surface area contributed by atoms with E-state index in [1.54, 1.807) is 11.3 Å². The first-order valence-corrected chi connectivity index (χ1v) is 8.12. The minimum Gasteiger partial charge on any atom is -0.460 e. The summed E-state index contributed by atoms with van der Waals surface area (Å²) in [5.74, 6) is -0.230. The van der Waals surface area contributed by atoms with Gasteiger partial charge in [-0.25, -0.2) is 0 Å². The highest BCUT2D eigenvalue weighted by molar-refractivity contribution is 7.09. The molecule has 0 fully saturated rings. The van der Waals surface area contributed by atoms with Crippen LogP contribution in [0.2, 0.25) is 0 Å². The van der Waals surface area contributed by atoms with E-state index in [-0.39, 0.29) is 18.5 Å². The molecule has 1 unspecified atom stereocenters. The number of carbonyl (C=O) groups is 1. The topological polar surface area (TPSA) is 35.5 Å². The van der Waals surface area contributed by atoms with Crippen molar-refractivity contribution in [2.75, 3.05) is 6.61 Å². The summed E-state index contributed by atoms with van der Waals surface area (Å²) in [6.45, 7) is 8.12. The molecule has 0 N–H and O–H groups in total. The molecule has 114 valence electrons. The molecule has 0 saturated heterocycles. The Balaban J connectivity index is 2.15. The molecule has 4 heteroatoms. The van der Waals surface area contributed by atoms with Gasteiger partial charge in [0, 0.05) is 6.61 Å². The molecule has 1 aromatic heterocycles. The number of carbonyl (C=O) groups excluding carboxylic acids is 1. The van der Waals surface area contributed by atoms with Crippen molar-refractivity contribution in [3.05, 3.63) is 34.5 Å². The van der Waals surface area contributed by atoms with Crippen molar-refractivity contribution in [3.8, 4) is 0 Å². The number of fused-ring (bicyclic) bond motifs is 1. The molecule has 1 heterocycles. The molecule has 0 saturated carbocycles. The first kappa shape index (κ1) is 16.0. The first-order valence-electron chi connectivity index (χ1n) is 7.18. The van der Waals surface area contributed by atoms with E-state index in [1.165, 1.54) is 10.8 Å². The van der Waals surface area contributed by atoms with Gasteiger partial charge in [0.15, 0.2) is 0 Å². The highest BCUT2D eigenvalue weighted by atomic mass is 32.1. The fraction of sp³-hybridized carbons (Fsp3) is 0.471. The fourth-order valence-electron chi connectivity index (χ4n) is 2.19. The Kier molecular flexibility index (Phi) is 5.01. The van der Waals surface area contributed by atoms with Crippen LogP contribution in [0, 0.1) is 0 Å². The monoisotopic (exact) mass is 306 g/mol. The lowest BCUT2D eigenvalue weighted by molar-refractivity contribution is -0.158. The SMILES string of the molecule is CCOC(CC(=O)OC(C)(C)C)c1ccc2cscc2c1. The minimum atomic E-state index is -0.467. The second-order valence-corrected chi connectivity index (χ2v) is 6.74. The Labute approximate surface area is 129 Å². The maximum atomic E-state index is 12.0. The summed E-state index contributed by atoms with van der Waals surface area (Å²) in [5, 5.41) is 6.63. The number of hydrogen-bond donors (Lipinski definition) is 0. The minimum absolute atomic E-state index is 0.230. The van der Waals surface area contributed by atoms with Crippen molar-refractivity contribution >= 4 is 28.1 Å². The van der Waals surface area contributed by atoms with Crippen molar-refractivity contribution in [1.29, 1.82) is 0 Å². The van der Waals surface area contributed by atoms with E-state index in [1.807, 2.05) is 33.8 Å². The predicted octanol–water partition coefficient (Wildman–Crippen LogP) is 4.71. The summed E-state index contributed by atoms with van der Waals surface area (Å²) >= 11 is 1.68. The van der Waals surface area contributed by atoms with Gasteiger partial charge >= 0.3 is 5.97 Å². The zero-order valence-corrected chi connectivity index (χ0v) is 13.8. The number of thiophene rings is 1. The number of benzene rings is 1. The van der Waals surface area contributed by atoms with Gasteiger partial charge in [0.2, 0.25) is 0 Å². The molecular formula is C17H22O3S. The summed E-state index contributed by atoms with van der Waals surface area (Å²) in [7, 11) is 0. The van der Waals surface area contributed by atoms with Crippen LogP contribution in [0.15, 0.2) is 29.0 Å². The molecule has 0 radical (unpaired) electrons. The number of hydrogen-bond acceptors (Lipinski definition) is 4. The van der Waals surface area contributed by atoms with E-state index in [0.717, 1.165) is 5.56 Å². The average Bonchev–Trinajstić information content (AvgIpc) is 2.83. The van der Waals surface area contributed by atoms with E-state index in [9.17, 15) is 4.79 Å². The van der Waals surface area contributed by atoms with Crippen LogP contribution in [0.4, 0.5) is 0 Å². The van der Waals surface area contributed by atoms with Gasteiger partial charge in [-0.15, -0.1) is 0 Å². The lowest BCUT2D eigenvalue weighted by atomic mass is 10.0. The van der Waals surface area contributed by atoms with Crippen molar-refractivity contribution in [1.82, 2.24) is 0 Å². The Morgan fingerprint density at radius 2 is 1.95 bits per heavy atom. The summed E-state index contributed by atoms with van der Waals surface area (Å²) < 4.78 is 11.1. The molecule has 2 rings (SSSR count). The number of esters is 1. The predicted molar refractivity (Wildman–Crippen MR) is 86.7 cm³/mol. The number of rotatable bonds is 5. The van der Waals surface area contributed by atoms with Gasteiger partial charge < -0.3 is 9.47 Å². The highest BCUT2D eigenvalue weighted by Gasteiger charge is 2.22. The van der Waals surface area contributed by atoms with E-state index < -0.39 is 5.60 Å². The fourth-order valence-corrected chi connectivity index (χ4v) is 2.97. The highest BCUT2D eigenvalue weighted by Crippen LogP contribution is 2.28. The van der Waals surface area contributed by atoms with Crippen LogP contribution in [-0.4, -0.2) is 18.2 Å². The third-order valence-electron chi connectivity index (χ3n) is 3.01. The van der Waals surface area contributed by atoms with Gasteiger partial charge in [-0.05, 0) is 60.9 Å². The van der Waals surface area contributed by atoms with Crippen LogP contribution in [0.25, 0.3) is 10.8 Å². The molecule has 1 aromatic carbocycles. The Bertz CT molecular complexity index is 610.